The predicted octanol–water partition coefficient (Wildman–Crippen LogP) is 1.28. The summed E-state index contributed by atoms with van der Waals surface area (Å²) >= 11 is 0. The second kappa shape index (κ2) is 6.39. The first-order valence-electron chi connectivity index (χ1n) is 6.01. The smallest absolute Gasteiger partial charge is 0.255 e. The van der Waals surface area contributed by atoms with Crippen molar-refractivity contribution >= 4 is 41.8 Å². The maximum absolute atomic E-state index is 12.3. The summed E-state index contributed by atoms with van der Waals surface area (Å²) in [4.78, 5) is 18.2. The zero-order valence-electron chi connectivity index (χ0n) is 11.0. The number of nitrogens with one attached hydrogen (secondary N) is 1. The van der Waals surface area contributed by atoms with Crippen LogP contribution in [0, 0.1) is 6.92 Å². The molecule has 3 heterocycles. The van der Waals surface area contributed by atoms with Gasteiger partial charge in [0, 0.05) is 36.4 Å². The molecule has 0 aliphatic carbocycles. The Kier molecular flexibility index (Phi) is 5.33. The van der Waals surface area contributed by atoms with E-state index >= 15 is 0 Å². The zero-order chi connectivity index (χ0) is 12.7. The molecule has 1 aliphatic heterocycles. The number of nitrogens with zero attached hydrogens (tertiary/aromatic N) is 3. The van der Waals surface area contributed by atoms with Gasteiger partial charge in [0.05, 0.1) is 5.56 Å². The van der Waals surface area contributed by atoms with Crippen LogP contribution >= 0.6 is 24.8 Å². The molecule has 1 atom stereocenters. The number of carbonyl (C=O) groups is 1. The number of nitrogens with two attached hydrogens (primary N) is 1. The minimum Gasteiger partial charge on any atom is -0.337 e. The molecule has 2 aromatic rings. The molecule has 8 heteroatoms. The highest BCUT2D eigenvalue weighted by Gasteiger charge is 2.25. The molecule has 2 aromatic heterocycles. The molecule has 0 spiro atoms. The molecule has 6 nitrogen and oxygen atoms in total. The van der Waals surface area contributed by atoms with Gasteiger partial charge in [-0.1, -0.05) is 0 Å². The molecule has 0 bridgehead atoms. The number of H-pyrrole nitrogens is 1. The summed E-state index contributed by atoms with van der Waals surface area (Å²) in [6.45, 7) is 3.26. The maximum atomic E-state index is 12.3. The molecule has 0 radical (unpaired) electrons. The third kappa shape index (κ3) is 2.87. The van der Waals surface area contributed by atoms with Crippen LogP contribution in [0.25, 0.3) is 11.0 Å². The van der Waals surface area contributed by atoms with Crippen molar-refractivity contribution in [3.05, 3.63) is 23.5 Å². The van der Waals surface area contributed by atoms with Crippen molar-refractivity contribution in [3.63, 3.8) is 0 Å². The van der Waals surface area contributed by atoms with E-state index in [0.29, 0.717) is 17.8 Å². The third-order valence-electron chi connectivity index (χ3n) is 3.36. The summed E-state index contributed by atoms with van der Waals surface area (Å²) < 4.78 is 0. The van der Waals surface area contributed by atoms with Crippen LogP contribution in [0.4, 0.5) is 0 Å². The molecule has 1 amide bonds. The van der Waals surface area contributed by atoms with Crippen LogP contribution < -0.4 is 5.73 Å². The first kappa shape index (κ1) is 16.7. The summed E-state index contributed by atoms with van der Waals surface area (Å²) in [5.74, 6) is -0.00190. The minimum absolute atomic E-state index is 0. The number of likely N-dealkylation sites (tertiary alicyclic amines) is 1. The normalized spacial score (nSPS) is 17.7. The van der Waals surface area contributed by atoms with E-state index in [-0.39, 0.29) is 36.8 Å². The highest BCUT2D eigenvalue weighted by molar-refractivity contribution is 5.97. The standard InChI is InChI=1S/C12H15N5O.2ClH/c1-7-10-4-8(5-14-11(10)16-15-7)12(18)17-3-2-9(13)6-17;;/h4-5,9H,2-3,6,13H2,1H3,(H,14,15,16);2*1H/t9-;;/m1../s1. The second-order valence-corrected chi connectivity index (χ2v) is 4.74. The van der Waals surface area contributed by atoms with E-state index < -0.39 is 0 Å². The topological polar surface area (TPSA) is 87.9 Å². The van der Waals surface area contributed by atoms with E-state index in [9.17, 15) is 4.79 Å². The molecule has 1 fully saturated rings. The number of pyridine rings is 1. The molecule has 3 N–H and O–H groups in total. The number of fused-ring (bicyclic) bond motifs is 1. The summed E-state index contributed by atoms with van der Waals surface area (Å²) in [5.41, 5.74) is 7.98. The van der Waals surface area contributed by atoms with Gasteiger partial charge < -0.3 is 10.6 Å². The first-order valence-corrected chi connectivity index (χ1v) is 6.01. The van der Waals surface area contributed by atoms with Crippen LogP contribution in [0.3, 0.4) is 0 Å². The van der Waals surface area contributed by atoms with E-state index in [2.05, 4.69) is 15.2 Å². The van der Waals surface area contributed by atoms with Crippen molar-refractivity contribution in [2.75, 3.05) is 13.1 Å². The Morgan fingerprint density at radius 1 is 1.50 bits per heavy atom. The maximum Gasteiger partial charge on any atom is 0.255 e. The van der Waals surface area contributed by atoms with Crippen molar-refractivity contribution in [2.45, 2.75) is 19.4 Å². The average molecular weight is 318 g/mol. The average Bonchev–Trinajstić information content (AvgIpc) is 2.95. The van der Waals surface area contributed by atoms with Gasteiger partial charge in [-0.05, 0) is 19.4 Å². The van der Waals surface area contributed by atoms with Crippen molar-refractivity contribution in [1.29, 1.82) is 0 Å². The number of hydrogen-bond donors (Lipinski definition) is 2. The van der Waals surface area contributed by atoms with Gasteiger partial charge in [-0.25, -0.2) is 4.98 Å². The van der Waals surface area contributed by atoms with Gasteiger partial charge in [-0.2, -0.15) is 5.10 Å². The van der Waals surface area contributed by atoms with E-state index in [1.807, 2.05) is 13.0 Å². The van der Waals surface area contributed by atoms with Gasteiger partial charge in [0.2, 0.25) is 0 Å². The Morgan fingerprint density at radius 3 is 2.90 bits per heavy atom. The largest absolute Gasteiger partial charge is 0.337 e. The summed E-state index contributed by atoms with van der Waals surface area (Å²) in [6.07, 6.45) is 2.45. The van der Waals surface area contributed by atoms with E-state index in [0.717, 1.165) is 24.0 Å². The molecular formula is C12H17Cl2N5O. The summed E-state index contributed by atoms with van der Waals surface area (Å²) in [5, 5.41) is 7.80. The SMILES string of the molecule is Cc1[nH]nc2ncc(C(=O)N3CC[C@@H](N)C3)cc12.Cl.Cl. The summed E-state index contributed by atoms with van der Waals surface area (Å²) in [6, 6.07) is 1.94. The number of carbonyl (C=O) groups excluding carboxylic acids is 1. The van der Waals surface area contributed by atoms with Gasteiger partial charge in [0.1, 0.15) is 0 Å². The van der Waals surface area contributed by atoms with Crippen molar-refractivity contribution in [3.8, 4) is 0 Å². The van der Waals surface area contributed by atoms with E-state index in [1.54, 1.807) is 11.1 Å². The number of aryl methyl sites for hydroxylation is 1. The lowest BCUT2D eigenvalue weighted by atomic mass is 10.2. The lowest BCUT2D eigenvalue weighted by molar-refractivity contribution is 0.0790. The van der Waals surface area contributed by atoms with Gasteiger partial charge in [0.25, 0.3) is 5.91 Å². The van der Waals surface area contributed by atoms with Crippen molar-refractivity contribution < 1.29 is 4.79 Å². The Bertz CT molecular complexity index is 615. The zero-order valence-corrected chi connectivity index (χ0v) is 12.6. The summed E-state index contributed by atoms with van der Waals surface area (Å²) in [7, 11) is 0. The van der Waals surface area contributed by atoms with Crippen molar-refractivity contribution in [1.82, 2.24) is 20.1 Å². The highest BCUT2D eigenvalue weighted by atomic mass is 35.5. The Balaban J connectivity index is 0.000001000. The Labute approximate surface area is 128 Å². The second-order valence-electron chi connectivity index (χ2n) is 4.74. The molecule has 110 valence electrons. The monoisotopic (exact) mass is 317 g/mol. The molecular weight excluding hydrogens is 301 g/mol. The van der Waals surface area contributed by atoms with E-state index in [1.165, 1.54) is 0 Å². The number of aromatic nitrogens is 3. The fraction of sp³-hybridized carbons (Fsp3) is 0.417. The number of aromatic amines is 1. The molecule has 3 rings (SSSR count). The molecule has 0 aromatic carbocycles. The minimum atomic E-state index is -0.00190. The van der Waals surface area contributed by atoms with Crippen LogP contribution in [0.1, 0.15) is 22.5 Å². The van der Waals surface area contributed by atoms with Crippen molar-refractivity contribution in [2.24, 2.45) is 5.73 Å². The Morgan fingerprint density at radius 2 is 2.25 bits per heavy atom. The Hall–Kier alpha value is -1.37. The number of halogens is 2. The first-order chi connectivity index (χ1) is 8.65. The lowest BCUT2D eigenvalue weighted by Crippen LogP contribution is -2.31. The van der Waals surface area contributed by atoms with Crippen LogP contribution in [0.15, 0.2) is 12.3 Å². The molecule has 1 aliphatic rings. The molecule has 1 saturated heterocycles. The van der Waals surface area contributed by atoms with Crippen LogP contribution in [0.5, 0.6) is 0 Å². The van der Waals surface area contributed by atoms with Gasteiger partial charge in [0.15, 0.2) is 5.65 Å². The van der Waals surface area contributed by atoms with Crippen LogP contribution in [0.2, 0.25) is 0 Å². The number of amides is 1. The quantitative estimate of drug-likeness (QED) is 0.829. The number of rotatable bonds is 1. The predicted molar refractivity (Wildman–Crippen MR) is 81.6 cm³/mol. The van der Waals surface area contributed by atoms with E-state index in [4.69, 9.17) is 5.73 Å². The van der Waals surface area contributed by atoms with Gasteiger partial charge >= 0.3 is 0 Å². The van der Waals surface area contributed by atoms with Gasteiger partial charge in [-0.15, -0.1) is 24.8 Å². The fourth-order valence-electron chi connectivity index (χ4n) is 2.29. The molecule has 20 heavy (non-hydrogen) atoms. The molecule has 0 saturated carbocycles. The number of hydrogen-bond acceptors (Lipinski definition) is 4. The lowest BCUT2D eigenvalue weighted by Gasteiger charge is -2.15. The molecule has 0 unspecified atom stereocenters. The van der Waals surface area contributed by atoms with Crippen LogP contribution in [-0.4, -0.2) is 45.1 Å². The van der Waals surface area contributed by atoms with Crippen LogP contribution in [-0.2, 0) is 0 Å². The third-order valence-corrected chi connectivity index (χ3v) is 3.36. The van der Waals surface area contributed by atoms with Gasteiger partial charge in [-0.3, -0.25) is 9.89 Å². The fourth-order valence-corrected chi connectivity index (χ4v) is 2.29. The highest BCUT2D eigenvalue weighted by Crippen LogP contribution is 2.17.